The predicted octanol–water partition coefficient (Wildman–Crippen LogP) is 2.46. The van der Waals surface area contributed by atoms with E-state index in [4.69, 9.17) is 14.2 Å². The lowest BCUT2D eigenvalue weighted by molar-refractivity contribution is -0.144. The van der Waals surface area contributed by atoms with Crippen LogP contribution in [0.3, 0.4) is 0 Å². The third-order valence-electron chi connectivity index (χ3n) is 3.79. The molecule has 0 aromatic heterocycles. The van der Waals surface area contributed by atoms with Crippen molar-refractivity contribution in [2.24, 2.45) is 0 Å². The Morgan fingerprint density at radius 2 is 2.08 bits per heavy atom. The van der Waals surface area contributed by atoms with Crippen LogP contribution in [0.15, 0.2) is 12.7 Å². The average Bonchev–Trinajstić information content (AvgIpc) is 2.77. The summed E-state index contributed by atoms with van der Waals surface area (Å²) < 4.78 is 16.4. The molecular weight excluding hydrogens is 324 g/mol. The van der Waals surface area contributed by atoms with Crippen LogP contribution in [0.2, 0.25) is 0 Å². The van der Waals surface area contributed by atoms with Gasteiger partial charge in [0.1, 0.15) is 11.3 Å². The van der Waals surface area contributed by atoms with E-state index >= 15 is 0 Å². The summed E-state index contributed by atoms with van der Waals surface area (Å²) >= 11 is 0. The summed E-state index contributed by atoms with van der Waals surface area (Å²) in [6.07, 6.45) is 1.37. The fraction of sp³-hybridized carbons (Fsp3) is 0.778. The number of rotatable bonds is 7. The standard InChI is InChI=1S/C18H32N2O5/c1-8-10-19-13(11-15(21)23-9-2)14-12-24-18(6,7)20(14)16(22)25-17(3,4)5/h8,13-14,19H,1,9-12H2,2-7H3/t13-,14+/m1/s1. The second-order valence-electron chi connectivity index (χ2n) is 7.49. The van der Waals surface area contributed by atoms with Gasteiger partial charge in [0.15, 0.2) is 0 Å². The van der Waals surface area contributed by atoms with Crippen molar-refractivity contribution in [3.8, 4) is 0 Å². The van der Waals surface area contributed by atoms with Gasteiger partial charge in [-0.25, -0.2) is 4.79 Å². The van der Waals surface area contributed by atoms with Gasteiger partial charge in [-0.1, -0.05) is 6.08 Å². The van der Waals surface area contributed by atoms with Gasteiger partial charge in [-0.2, -0.15) is 0 Å². The Morgan fingerprint density at radius 3 is 2.60 bits per heavy atom. The molecule has 7 nitrogen and oxygen atoms in total. The zero-order valence-corrected chi connectivity index (χ0v) is 16.3. The van der Waals surface area contributed by atoms with E-state index in [0.29, 0.717) is 19.8 Å². The molecule has 1 heterocycles. The highest BCUT2D eigenvalue weighted by atomic mass is 16.6. The zero-order valence-electron chi connectivity index (χ0n) is 16.3. The molecule has 0 spiro atoms. The first-order valence-electron chi connectivity index (χ1n) is 8.68. The van der Waals surface area contributed by atoms with E-state index in [1.165, 1.54) is 0 Å². The lowest BCUT2D eigenvalue weighted by atomic mass is 10.0. The van der Waals surface area contributed by atoms with Crippen LogP contribution in [0.25, 0.3) is 0 Å². The summed E-state index contributed by atoms with van der Waals surface area (Å²) in [4.78, 5) is 26.3. The Balaban J connectivity index is 3.02. The molecule has 1 rings (SSSR count). The third kappa shape index (κ3) is 6.32. The second kappa shape index (κ2) is 8.67. The fourth-order valence-electron chi connectivity index (χ4n) is 2.77. The highest BCUT2D eigenvalue weighted by Gasteiger charge is 2.48. The Hall–Kier alpha value is -1.60. The minimum atomic E-state index is -0.824. The molecule has 0 aromatic rings. The van der Waals surface area contributed by atoms with Crippen LogP contribution < -0.4 is 5.32 Å². The topological polar surface area (TPSA) is 77.1 Å². The first-order valence-corrected chi connectivity index (χ1v) is 8.68. The maximum Gasteiger partial charge on any atom is 0.412 e. The number of ether oxygens (including phenoxy) is 3. The van der Waals surface area contributed by atoms with Crippen molar-refractivity contribution >= 4 is 12.1 Å². The number of hydrogen-bond acceptors (Lipinski definition) is 6. The van der Waals surface area contributed by atoms with E-state index in [1.807, 2.05) is 34.6 Å². The van der Waals surface area contributed by atoms with Crippen molar-refractivity contribution in [3.63, 3.8) is 0 Å². The molecule has 144 valence electrons. The number of nitrogens with zero attached hydrogens (tertiary/aromatic N) is 1. The maximum atomic E-state index is 12.7. The van der Waals surface area contributed by atoms with Gasteiger partial charge < -0.3 is 19.5 Å². The molecular formula is C18H32N2O5. The predicted molar refractivity (Wildman–Crippen MR) is 95.1 cm³/mol. The zero-order chi connectivity index (χ0) is 19.3. The third-order valence-corrected chi connectivity index (χ3v) is 3.79. The summed E-state index contributed by atoms with van der Waals surface area (Å²) in [6.45, 7) is 15.6. The van der Waals surface area contributed by atoms with Gasteiger partial charge in [-0.3, -0.25) is 9.69 Å². The molecule has 1 fully saturated rings. The first-order chi connectivity index (χ1) is 11.5. The molecule has 0 saturated carbocycles. The van der Waals surface area contributed by atoms with Crippen LogP contribution in [-0.4, -0.2) is 60.1 Å². The molecule has 25 heavy (non-hydrogen) atoms. The lowest BCUT2D eigenvalue weighted by Gasteiger charge is -2.37. The number of carbonyl (C=O) groups excluding carboxylic acids is 2. The number of nitrogens with one attached hydrogen (secondary N) is 1. The molecule has 0 aliphatic carbocycles. The molecule has 0 bridgehead atoms. The van der Waals surface area contributed by atoms with Crippen LogP contribution in [0.1, 0.15) is 48.0 Å². The highest BCUT2D eigenvalue weighted by molar-refractivity contribution is 5.72. The van der Waals surface area contributed by atoms with Crippen molar-refractivity contribution in [1.29, 1.82) is 0 Å². The Labute approximate surface area is 150 Å². The molecule has 1 saturated heterocycles. The number of hydrogen-bond donors (Lipinski definition) is 1. The summed E-state index contributed by atoms with van der Waals surface area (Å²) in [6, 6.07) is -0.680. The minimum Gasteiger partial charge on any atom is -0.466 e. The van der Waals surface area contributed by atoms with Crippen LogP contribution in [0.4, 0.5) is 4.79 Å². The molecule has 1 amide bonds. The van der Waals surface area contributed by atoms with Gasteiger partial charge in [-0.15, -0.1) is 6.58 Å². The van der Waals surface area contributed by atoms with Crippen molar-refractivity contribution < 1.29 is 23.8 Å². The highest BCUT2D eigenvalue weighted by Crippen LogP contribution is 2.31. The van der Waals surface area contributed by atoms with E-state index in [2.05, 4.69) is 11.9 Å². The van der Waals surface area contributed by atoms with Crippen molar-refractivity contribution in [2.75, 3.05) is 19.8 Å². The van der Waals surface area contributed by atoms with Crippen molar-refractivity contribution in [3.05, 3.63) is 12.7 Å². The summed E-state index contributed by atoms with van der Waals surface area (Å²) in [5.74, 6) is -0.321. The molecule has 0 radical (unpaired) electrons. The molecule has 1 aliphatic heterocycles. The molecule has 2 atom stereocenters. The molecule has 7 heteroatoms. The van der Waals surface area contributed by atoms with Gasteiger partial charge in [0, 0.05) is 12.6 Å². The number of amides is 1. The molecule has 0 aromatic carbocycles. The van der Waals surface area contributed by atoms with Gasteiger partial charge in [-0.05, 0) is 41.5 Å². The Bertz CT molecular complexity index is 484. The quantitative estimate of drug-likeness (QED) is 0.558. The normalized spacial score (nSPS) is 20.9. The van der Waals surface area contributed by atoms with E-state index in [0.717, 1.165) is 0 Å². The monoisotopic (exact) mass is 356 g/mol. The van der Waals surface area contributed by atoms with E-state index in [1.54, 1.807) is 17.9 Å². The fourth-order valence-corrected chi connectivity index (χ4v) is 2.77. The van der Waals surface area contributed by atoms with E-state index in [9.17, 15) is 9.59 Å². The Morgan fingerprint density at radius 1 is 1.44 bits per heavy atom. The Kier molecular flexibility index (Phi) is 7.44. The minimum absolute atomic E-state index is 0.130. The largest absolute Gasteiger partial charge is 0.466 e. The maximum absolute atomic E-state index is 12.7. The van der Waals surface area contributed by atoms with Crippen molar-refractivity contribution in [1.82, 2.24) is 10.2 Å². The number of carbonyl (C=O) groups is 2. The van der Waals surface area contributed by atoms with Gasteiger partial charge in [0.25, 0.3) is 0 Å². The average molecular weight is 356 g/mol. The first kappa shape index (κ1) is 21.4. The van der Waals surface area contributed by atoms with Gasteiger partial charge in [0.05, 0.1) is 25.7 Å². The van der Waals surface area contributed by atoms with Crippen LogP contribution in [0, 0.1) is 0 Å². The molecule has 1 N–H and O–H groups in total. The van der Waals surface area contributed by atoms with E-state index in [-0.39, 0.29) is 24.5 Å². The summed E-state index contributed by atoms with van der Waals surface area (Å²) in [5.41, 5.74) is -1.44. The SMILES string of the molecule is C=CCN[C@H](CC(=O)OCC)[C@@H]1COC(C)(C)N1C(=O)OC(C)(C)C. The lowest BCUT2D eigenvalue weighted by Crippen LogP contribution is -2.56. The van der Waals surface area contributed by atoms with Crippen LogP contribution >= 0.6 is 0 Å². The molecule has 0 unspecified atom stereocenters. The number of esters is 1. The van der Waals surface area contributed by atoms with Crippen molar-refractivity contribution in [2.45, 2.75) is 71.4 Å². The second-order valence-corrected chi connectivity index (χ2v) is 7.49. The van der Waals surface area contributed by atoms with Gasteiger partial charge >= 0.3 is 12.1 Å². The van der Waals surface area contributed by atoms with Crippen LogP contribution in [-0.2, 0) is 19.0 Å². The van der Waals surface area contributed by atoms with Crippen LogP contribution in [0.5, 0.6) is 0 Å². The summed E-state index contributed by atoms with van der Waals surface area (Å²) in [5, 5.41) is 3.24. The van der Waals surface area contributed by atoms with Gasteiger partial charge in [0.2, 0.25) is 0 Å². The van der Waals surface area contributed by atoms with E-state index < -0.39 is 17.4 Å². The smallest absolute Gasteiger partial charge is 0.412 e. The summed E-state index contributed by atoms with van der Waals surface area (Å²) in [7, 11) is 0. The molecule has 1 aliphatic rings.